The van der Waals surface area contributed by atoms with Crippen LogP contribution in [0.2, 0.25) is 0 Å². The van der Waals surface area contributed by atoms with Crippen LogP contribution in [0.3, 0.4) is 0 Å². The van der Waals surface area contributed by atoms with E-state index in [0.717, 1.165) is 12.8 Å². The van der Waals surface area contributed by atoms with Gasteiger partial charge >= 0.3 is 11.9 Å². The lowest BCUT2D eigenvalue weighted by atomic mass is 10.1. The topological polar surface area (TPSA) is 52.6 Å². The maximum Gasteiger partial charge on any atom is 0.338 e. The van der Waals surface area contributed by atoms with Crippen LogP contribution in [0.25, 0.3) is 0 Å². The Morgan fingerprint density at radius 3 is 1.60 bits per heavy atom. The predicted molar refractivity (Wildman–Crippen MR) is 123 cm³/mol. The molecule has 30 heavy (non-hydrogen) atoms. The molecule has 4 heteroatoms. The molecule has 0 saturated heterocycles. The summed E-state index contributed by atoms with van der Waals surface area (Å²) in [5, 5.41) is 0. The van der Waals surface area contributed by atoms with E-state index in [1.54, 1.807) is 30.3 Å². The lowest BCUT2D eigenvalue weighted by Gasteiger charge is -2.06. The summed E-state index contributed by atoms with van der Waals surface area (Å²) >= 11 is 0. The number of carbonyl (C=O) groups excluding carboxylic acids is 2. The van der Waals surface area contributed by atoms with E-state index in [0.29, 0.717) is 17.7 Å². The van der Waals surface area contributed by atoms with Gasteiger partial charge in [0.25, 0.3) is 0 Å². The third-order valence-corrected chi connectivity index (χ3v) is 5.13. The summed E-state index contributed by atoms with van der Waals surface area (Å²) < 4.78 is 10.4. The van der Waals surface area contributed by atoms with E-state index in [4.69, 9.17) is 9.47 Å². The molecule has 0 aromatic heterocycles. The summed E-state index contributed by atoms with van der Waals surface area (Å²) in [5.41, 5.74) is 0.885. The maximum atomic E-state index is 12.1. The molecule has 0 aliphatic heterocycles. The van der Waals surface area contributed by atoms with Crippen LogP contribution in [-0.4, -0.2) is 25.2 Å². The van der Waals surface area contributed by atoms with E-state index in [1.807, 2.05) is 13.0 Å². The summed E-state index contributed by atoms with van der Waals surface area (Å²) in [5.74, 6) is -0.739. The predicted octanol–water partition coefficient (Wildman–Crippen LogP) is 7.28. The normalized spacial score (nSPS) is 11.0. The Balaban J connectivity index is 2.05. The molecule has 1 aromatic rings. The van der Waals surface area contributed by atoms with Gasteiger partial charge in [0.05, 0.1) is 17.7 Å². The van der Waals surface area contributed by atoms with E-state index < -0.39 is 5.97 Å². The van der Waals surface area contributed by atoms with Crippen LogP contribution in [0.4, 0.5) is 0 Å². The van der Waals surface area contributed by atoms with Gasteiger partial charge < -0.3 is 9.47 Å². The molecule has 0 aliphatic rings. The fourth-order valence-electron chi connectivity index (χ4n) is 3.24. The largest absolute Gasteiger partial charge is 0.462 e. The summed E-state index contributed by atoms with van der Waals surface area (Å²) in [4.78, 5) is 23.9. The second-order valence-electron chi connectivity index (χ2n) is 7.77. The van der Waals surface area contributed by atoms with Crippen molar-refractivity contribution in [1.29, 1.82) is 0 Å². The van der Waals surface area contributed by atoms with Gasteiger partial charge in [-0.1, -0.05) is 89.7 Å². The Morgan fingerprint density at radius 2 is 1.13 bits per heavy atom. The fraction of sp³-hybridized carbons (Fsp3) is 0.615. The molecule has 168 valence electrons. The van der Waals surface area contributed by atoms with Gasteiger partial charge in [0.2, 0.25) is 0 Å². The highest BCUT2D eigenvalue weighted by Gasteiger charge is 2.10. The van der Waals surface area contributed by atoms with Gasteiger partial charge in [-0.3, -0.25) is 0 Å². The van der Waals surface area contributed by atoms with E-state index in [-0.39, 0.29) is 12.6 Å². The quantitative estimate of drug-likeness (QED) is 0.152. The van der Waals surface area contributed by atoms with Crippen molar-refractivity contribution >= 4 is 11.9 Å². The molecule has 0 atom stereocenters. The molecule has 0 fully saturated rings. The number of rotatable bonds is 17. The summed E-state index contributed by atoms with van der Waals surface area (Å²) in [6.45, 7) is 4.82. The number of benzene rings is 1. The van der Waals surface area contributed by atoms with Crippen LogP contribution in [-0.2, 0) is 9.47 Å². The highest BCUT2D eigenvalue weighted by atomic mass is 16.5. The molecular weight excluding hydrogens is 376 g/mol. The molecule has 0 amide bonds. The van der Waals surface area contributed by atoms with Gasteiger partial charge in [-0.25, -0.2) is 9.59 Å². The molecule has 0 spiro atoms. The molecule has 0 saturated carbocycles. The molecule has 4 nitrogen and oxygen atoms in total. The van der Waals surface area contributed by atoms with Gasteiger partial charge in [-0.15, -0.1) is 0 Å². The molecule has 1 rings (SSSR count). The molecule has 0 heterocycles. The van der Waals surface area contributed by atoms with E-state index in [2.05, 4.69) is 6.92 Å². The molecular formula is C26H40O4. The zero-order valence-electron chi connectivity index (χ0n) is 19.0. The van der Waals surface area contributed by atoms with Crippen LogP contribution in [0.1, 0.15) is 112 Å². The SMILES string of the molecule is C/C=C/COC(=O)c1ccc(C(=O)OCCCCCCCCCCCCCC)cc1. The first kappa shape index (κ1) is 25.9. The second kappa shape index (κ2) is 17.7. The summed E-state index contributed by atoms with van der Waals surface area (Å²) in [6, 6.07) is 6.41. The Hall–Kier alpha value is -2.10. The van der Waals surface area contributed by atoms with Gasteiger partial charge in [-0.2, -0.15) is 0 Å². The first-order valence-corrected chi connectivity index (χ1v) is 11.7. The molecule has 0 radical (unpaired) electrons. The smallest absolute Gasteiger partial charge is 0.338 e. The molecule has 0 aliphatic carbocycles. The van der Waals surface area contributed by atoms with E-state index in [1.165, 1.54) is 64.2 Å². The van der Waals surface area contributed by atoms with Crippen molar-refractivity contribution < 1.29 is 19.1 Å². The Morgan fingerprint density at radius 1 is 0.700 bits per heavy atom. The monoisotopic (exact) mass is 416 g/mol. The van der Waals surface area contributed by atoms with Gasteiger partial charge in [-0.05, 0) is 37.6 Å². The van der Waals surface area contributed by atoms with Crippen LogP contribution < -0.4 is 0 Å². The maximum absolute atomic E-state index is 12.1. The molecule has 0 bridgehead atoms. The number of hydrogen-bond acceptors (Lipinski definition) is 4. The van der Waals surface area contributed by atoms with Gasteiger partial charge in [0, 0.05) is 0 Å². The first-order valence-electron chi connectivity index (χ1n) is 11.7. The zero-order chi connectivity index (χ0) is 21.9. The van der Waals surface area contributed by atoms with Crippen molar-refractivity contribution in [2.75, 3.05) is 13.2 Å². The Labute approximate surface area is 183 Å². The van der Waals surface area contributed by atoms with Crippen molar-refractivity contribution in [1.82, 2.24) is 0 Å². The number of esters is 2. The average molecular weight is 417 g/mol. The Bertz CT molecular complexity index is 604. The molecule has 0 unspecified atom stereocenters. The standard InChI is InChI=1S/C26H40O4/c1-3-5-7-8-9-10-11-12-13-14-15-16-22-30-26(28)24-19-17-23(18-20-24)25(27)29-21-6-4-2/h4,6,17-20H,3,5,7-16,21-22H2,1-2H3/b6-4+. The zero-order valence-corrected chi connectivity index (χ0v) is 19.0. The number of carbonyl (C=O) groups is 2. The average Bonchev–Trinajstić information content (AvgIpc) is 2.77. The summed E-state index contributed by atoms with van der Waals surface area (Å²) in [7, 11) is 0. The van der Waals surface area contributed by atoms with Crippen molar-refractivity contribution in [2.45, 2.75) is 90.9 Å². The third kappa shape index (κ3) is 12.5. The summed E-state index contributed by atoms with van der Waals surface area (Å²) in [6.07, 6.45) is 19.0. The lowest BCUT2D eigenvalue weighted by molar-refractivity contribution is 0.0494. The van der Waals surface area contributed by atoms with Gasteiger partial charge in [0.15, 0.2) is 0 Å². The van der Waals surface area contributed by atoms with Crippen molar-refractivity contribution in [2.24, 2.45) is 0 Å². The van der Waals surface area contributed by atoms with Crippen LogP contribution in [0, 0.1) is 0 Å². The number of hydrogen-bond donors (Lipinski definition) is 0. The minimum atomic E-state index is -0.399. The molecule has 1 aromatic carbocycles. The van der Waals surface area contributed by atoms with Crippen molar-refractivity contribution in [3.05, 3.63) is 47.5 Å². The highest BCUT2D eigenvalue weighted by Crippen LogP contribution is 2.12. The van der Waals surface area contributed by atoms with Crippen molar-refractivity contribution in [3.8, 4) is 0 Å². The lowest BCUT2D eigenvalue weighted by Crippen LogP contribution is -2.08. The van der Waals surface area contributed by atoms with Crippen LogP contribution >= 0.6 is 0 Å². The van der Waals surface area contributed by atoms with E-state index in [9.17, 15) is 9.59 Å². The third-order valence-electron chi connectivity index (χ3n) is 5.13. The first-order chi connectivity index (χ1) is 14.7. The minimum absolute atomic E-state index is 0.248. The van der Waals surface area contributed by atoms with E-state index >= 15 is 0 Å². The number of ether oxygens (including phenoxy) is 2. The number of allylic oxidation sites excluding steroid dienone is 1. The van der Waals surface area contributed by atoms with Crippen LogP contribution in [0.5, 0.6) is 0 Å². The highest BCUT2D eigenvalue weighted by molar-refractivity contribution is 5.93. The fourth-order valence-corrected chi connectivity index (χ4v) is 3.24. The molecule has 0 N–H and O–H groups in total. The van der Waals surface area contributed by atoms with Crippen LogP contribution in [0.15, 0.2) is 36.4 Å². The van der Waals surface area contributed by atoms with Crippen molar-refractivity contribution in [3.63, 3.8) is 0 Å². The second-order valence-corrected chi connectivity index (χ2v) is 7.77. The number of unbranched alkanes of at least 4 members (excludes halogenated alkanes) is 11. The van der Waals surface area contributed by atoms with Gasteiger partial charge in [0.1, 0.15) is 6.61 Å². The minimum Gasteiger partial charge on any atom is -0.462 e. The Kier molecular flexibility index (Phi) is 15.3.